The lowest BCUT2D eigenvalue weighted by atomic mass is 9.47. The Labute approximate surface area is 138 Å². The molecule has 3 fully saturated rings. The van der Waals surface area contributed by atoms with Crippen molar-refractivity contribution in [3.63, 3.8) is 0 Å². The van der Waals surface area contributed by atoms with Crippen molar-refractivity contribution >= 4 is 12.3 Å². The van der Waals surface area contributed by atoms with Crippen molar-refractivity contribution in [2.75, 3.05) is 0 Å². The summed E-state index contributed by atoms with van der Waals surface area (Å²) in [5.74, 6) is 2.56. The van der Waals surface area contributed by atoms with Crippen molar-refractivity contribution < 1.29 is 14.3 Å². The molecule has 3 heteroatoms. The number of ketones is 1. The monoisotopic (exact) mass is 316 g/mol. The van der Waals surface area contributed by atoms with Gasteiger partial charge in [0, 0.05) is 11.8 Å². The molecule has 0 radical (unpaired) electrons. The second-order valence-corrected chi connectivity index (χ2v) is 8.75. The van der Waals surface area contributed by atoms with E-state index in [2.05, 4.69) is 19.9 Å². The SMILES string of the molecule is C[C@]12CC[C@H](OC=O)C=C1CCC1C2CC[C@]2(C)C(=O)CCC12. The molecule has 4 aliphatic carbocycles. The zero-order chi connectivity index (χ0) is 16.2. The van der Waals surface area contributed by atoms with Crippen LogP contribution < -0.4 is 0 Å². The van der Waals surface area contributed by atoms with E-state index >= 15 is 0 Å². The van der Waals surface area contributed by atoms with Gasteiger partial charge in [-0.05, 0) is 74.2 Å². The average molecular weight is 316 g/mol. The minimum absolute atomic E-state index is 0.0194. The number of fused-ring (bicyclic) bond motifs is 5. The van der Waals surface area contributed by atoms with Gasteiger partial charge in [-0.25, -0.2) is 0 Å². The van der Waals surface area contributed by atoms with Crippen LogP contribution >= 0.6 is 0 Å². The van der Waals surface area contributed by atoms with Crippen LogP contribution in [0.4, 0.5) is 0 Å². The topological polar surface area (TPSA) is 43.4 Å². The molecule has 0 N–H and O–H groups in total. The van der Waals surface area contributed by atoms with Crippen LogP contribution in [0, 0.1) is 28.6 Å². The number of rotatable bonds is 2. The third-order valence-corrected chi connectivity index (χ3v) is 8.01. The molecule has 0 aliphatic heterocycles. The Hall–Kier alpha value is -1.12. The highest BCUT2D eigenvalue weighted by atomic mass is 16.5. The van der Waals surface area contributed by atoms with Crippen LogP contribution in [0.5, 0.6) is 0 Å². The first-order valence-corrected chi connectivity index (χ1v) is 9.32. The van der Waals surface area contributed by atoms with Crippen LogP contribution in [-0.4, -0.2) is 18.4 Å². The van der Waals surface area contributed by atoms with Gasteiger partial charge in [0.05, 0.1) is 0 Å². The molecule has 4 aliphatic rings. The van der Waals surface area contributed by atoms with Gasteiger partial charge < -0.3 is 4.74 Å². The molecular weight excluding hydrogens is 288 g/mol. The van der Waals surface area contributed by atoms with Gasteiger partial charge in [0.2, 0.25) is 0 Å². The van der Waals surface area contributed by atoms with Gasteiger partial charge >= 0.3 is 0 Å². The van der Waals surface area contributed by atoms with Gasteiger partial charge in [-0.1, -0.05) is 19.4 Å². The summed E-state index contributed by atoms with van der Waals surface area (Å²) >= 11 is 0. The molecule has 0 heterocycles. The summed E-state index contributed by atoms with van der Waals surface area (Å²) in [6, 6.07) is 0. The van der Waals surface area contributed by atoms with Crippen LogP contribution in [0.2, 0.25) is 0 Å². The Kier molecular flexibility index (Phi) is 3.48. The summed E-state index contributed by atoms with van der Waals surface area (Å²) < 4.78 is 5.21. The van der Waals surface area contributed by atoms with Crippen molar-refractivity contribution in [1.29, 1.82) is 0 Å². The van der Waals surface area contributed by atoms with E-state index in [0.29, 0.717) is 30.0 Å². The van der Waals surface area contributed by atoms with Gasteiger partial charge in [0.15, 0.2) is 0 Å². The van der Waals surface area contributed by atoms with E-state index in [1.54, 1.807) is 0 Å². The lowest BCUT2D eigenvalue weighted by Gasteiger charge is -2.57. The predicted octanol–water partition coefficient (Wildman–Crippen LogP) is 4.06. The zero-order valence-corrected chi connectivity index (χ0v) is 14.3. The van der Waals surface area contributed by atoms with E-state index < -0.39 is 0 Å². The molecule has 3 saturated carbocycles. The fourth-order valence-corrected chi connectivity index (χ4v) is 6.65. The first-order chi connectivity index (χ1) is 11.0. The number of hydrogen-bond acceptors (Lipinski definition) is 3. The second kappa shape index (κ2) is 5.19. The van der Waals surface area contributed by atoms with Crippen molar-refractivity contribution in [1.82, 2.24) is 0 Å². The number of Topliss-reactive ketones (excluding diaryl/α,β-unsaturated/α-hetero) is 1. The third-order valence-electron chi connectivity index (χ3n) is 8.01. The third kappa shape index (κ3) is 2.08. The molecule has 23 heavy (non-hydrogen) atoms. The van der Waals surface area contributed by atoms with Gasteiger partial charge in [-0.2, -0.15) is 0 Å². The predicted molar refractivity (Wildman–Crippen MR) is 87.6 cm³/mol. The van der Waals surface area contributed by atoms with Crippen LogP contribution in [0.1, 0.15) is 65.2 Å². The molecule has 0 spiro atoms. The zero-order valence-electron chi connectivity index (χ0n) is 14.3. The number of carbonyl (C=O) groups excluding carboxylic acids is 2. The molecule has 0 saturated heterocycles. The standard InChI is InChI=1S/C20H28O3/c1-19-9-7-14(23-12-21)11-13(19)3-4-15-16-5-6-18(22)20(16,2)10-8-17(15)19/h11-12,14-17H,3-10H2,1-2H3/t14-,15?,16?,17?,19-,20-/m0/s1. The highest BCUT2D eigenvalue weighted by Gasteiger charge is 2.58. The molecule has 0 aromatic carbocycles. The quantitative estimate of drug-likeness (QED) is 0.570. The second-order valence-electron chi connectivity index (χ2n) is 8.75. The van der Waals surface area contributed by atoms with Gasteiger partial charge in [0.1, 0.15) is 11.9 Å². The highest BCUT2D eigenvalue weighted by molar-refractivity contribution is 5.87. The Morgan fingerprint density at radius 3 is 2.57 bits per heavy atom. The van der Waals surface area contributed by atoms with Crippen LogP contribution in [0.25, 0.3) is 0 Å². The fraction of sp³-hybridized carbons (Fsp3) is 0.800. The van der Waals surface area contributed by atoms with E-state index in [0.717, 1.165) is 38.5 Å². The summed E-state index contributed by atoms with van der Waals surface area (Å²) in [6.07, 6.45) is 10.8. The maximum Gasteiger partial charge on any atom is 0.293 e. The Morgan fingerprint density at radius 2 is 1.78 bits per heavy atom. The first-order valence-electron chi connectivity index (χ1n) is 9.32. The van der Waals surface area contributed by atoms with Gasteiger partial charge in [-0.3, -0.25) is 9.59 Å². The van der Waals surface area contributed by atoms with Crippen molar-refractivity contribution in [2.45, 2.75) is 71.3 Å². The number of hydrogen-bond donors (Lipinski definition) is 0. The van der Waals surface area contributed by atoms with Crippen LogP contribution in [0.3, 0.4) is 0 Å². The molecule has 0 amide bonds. The lowest BCUT2D eigenvalue weighted by Crippen LogP contribution is -2.50. The molecule has 3 unspecified atom stereocenters. The van der Waals surface area contributed by atoms with Gasteiger partial charge in [0.25, 0.3) is 6.47 Å². The Morgan fingerprint density at radius 1 is 1.04 bits per heavy atom. The Bertz CT molecular complexity index is 565. The van der Waals surface area contributed by atoms with E-state index in [1.165, 1.54) is 18.4 Å². The largest absolute Gasteiger partial charge is 0.460 e. The number of allylic oxidation sites excluding steroid dienone is 1. The minimum atomic E-state index is -0.0312. The number of carbonyl (C=O) groups is 2. The van der Waals surface area contributed by atoms with Crippen LogP contribution in [-0.2, 0) is 14.3 Å². The smallest absolute Gasteiger partial charge is 0.293 e. The summed E-state index contributed by atoms with van der Waals surface area (Å²) in [7, 11) is 0. The highest BCUT2D eigenvalue weighted by Crippen LogP contribution is 2.64. The summed E-state index contributed by atoms with van der Waals surface area (Å²) in [6.45, 7) is 5.27. The molecule has 6 atom stereocenters. The summed E-state index contributed by atoms with van der Waals surface area (Å²) in [5.41, 5.74) is 1.75. The van der Waals surface area contributed by atoms with E-state index in [1.807, 2.05) is 0 Å². The maximum absolute atomic E-state index is 12.4. The lowest BCUT2D eigenvalue weighted by molar-refractivity contribution is -0.134. The molecule has 0 aromatic heterocycles. The van der Waals surface area contributed by atoms with E-state index in [9.17, 15) is 9.59 Å². The normalized spacial score (nSPS) is 48.8. The average Bonchev–Trinajstić information content (AvgIpc) is 2.84. The molecule has 4 rings (SSSR count). The van der Waals surface area contributed by atoms with E-state index in [4.69, 9.17) is 4.74 Å². The first kappa shape index (κ1) is 15.4. The molecule has 0 bridgehead atoms. The van der Waals surface area contributed by atoms with Gasteiger partial charge in [-0.15, -0.1) is 0 Å². The summed E-state index contributed by atoms with van der Waals surface area (Å²) in [4.78, 5) is 23.1. The fourth-order valence-electron chi connectivity index (χ4n) is 6.65. The van der Waals surface area contributed by atoms with Crippen LogP contribution in [0.15, 0.2) is 11.6 Å². The van der Waals surface area contributed by atoms with Crippen molar-refractivity contribution in [3.8, 4) is 0 Å². The molecular formula is C20H28O3. The Balaban J connectivity index is 1.63. The number of ether oxygens (including phenoxy) is 1. The minimum Gasteiger partial charge on any atom is -0.460 e. The molecule has 3 nitrogen and oxygen atoms in total. The van der Waals surface area contributed by atoms with Crippen molar-refractivity contribution in [2.24, 2.45) is 28.6 Å². The van der Waals surface area contributed by atoms with E-state index in [-0.39, 0.29) is 16.9 Å². The van der Waals surface area contributed by atoms with Crippen molar-refractivity contribution in [3.05, 3.63) is 11.6 Å². The summed E-state index contributed by atoms with van der Waals surface area (Å²) in [5, 5.41) is 0. The maximum atomic E-state index is 12.4. The molecule has 126 valence electrons. The molecule has 0 aromatic rings.